The fourth-order valence-electron chi connectivity index (χ4n) is 1.31. The summed E-state index contributed by atoms with van der Waals surface area (Å²) in [5.41, 5.74) is 7.91. The molecule has 4 heteroatoms. The smallest absolute Gasteiger partial charge is 0.247 e. The zero-order chi connectivity index (χ0) is 10.8. The second-order valence-corrected chi connectivity index (χ2v) is 3.59. The highest BCUT2D eigenvalue weighted by atomic mass is 35.5. The number of H-pyrrole nitrogens is 1. The van der Waals surface area contributed by atoms with Crippen molar-refractivity contribution in [1.29, 1.82) is 0 Å². The monoisotopic (exact) mass is 220 g/mol. The molecule has 0 amide bonds. The summed E-state index contributed by atoms with van der Waals surface area (Å²) in [6, 6.07) is 8.57. The molecule has 0 atom stereocenters. The lowest BCUT2D eigenvalue weighted by atomic mass is 10.1. The van der Waals surface area contributed by atoms with Crippen molar-refractivity contribution in [2.75, 3.05) is 5.73 Å². The summed E-state index contributed by atoms with van der Waals surface area (Å²) < 4.78 is 0. The van der Waals surface area contributed by atoms with E-state index in [1.165, 1.54) is 6.07 Å². The van der Waals surface area contributed by atoms with E-state index in [1.807, 2.05) is 6.07 Å². The van der Waals surface area contributed by atoms with Gasteiger partial charge in [0.15, 0.2) is 0 Å². The largest absolute Gasteiger partial charge is 0.398 e. The van der Waals surface area contributed by atoms with E-state index in [0.29, 0.717) is 10.7 Å². The molecule has 2 aromatic rings. The Kier molecular flexibility index (Phi) is 2.47. The molecule has 3 N–H and O–H groups in total. The van der Waals surface area contributed by atoms with Gasteiger partial charge in [0, 0.05) is 12.3 Å². The van der Waals surface area contributed by atoms with Crippen LogP contribution in [0.1, 0.15) is 0 Å². The molecule has 0 saturated carbocycles. The molecular formula is C11H9ClN2O. The lowest BCUT2D eigenvalue weighted by molar-refractivity contribution is 1.24. The first-order valence-corrected chi connectivity index (χ1v) is 4.79. The van der Waals surface area contributed by atoms with E-state index in [9.17, 15) is 4.79 Å². The SMILES string of the molecule is Nc1cc(-c2ccc(=O)[nH]c2)ccc1Cl. The van der Waals surface area contributed by atoms with Crippen molar-refractivity contribution in [3.05, 3.63) is 51.9 Å². The van der Waals surface area contributed by atoms with Crippen LogP contribution in [0.15, 0.2) is 41.3 Å². The van der Waals surface area contributed by atoms with Gasteiger partial charge in [0.25, 0.3) is 0 Å². The van der Waals surface area contributed by atoms with Crippen molar-refractivity contribution in [2.45, 2.75) is 0 Å². The molecule has 0 radical (unpaired) electrons. The van der Waals surface area contributed by atoms with Crippen LogP contribution in [-0.4, -0.2) is 4.98 Å². The van der Waals surface area contributed by atoms with E-state index in [-0.39, 0.29) is 5.56 Å². The first kappa shape index (κ1) is 9.80. The van der Waals surface area contributed by atoms with Crippen LogP contribution in [0.3, 0.4) is 0 Å². The number of halogens is 1. The molecule has 0 fully saturated rings. The zero-order valence-corrected chi connectivity index (χ0v) is 8.58. The van der Waals surface area contributed by atoms with Crippen LogP contribution in [0, 0.1) is 0 Å². The average molecular weight is 221 g/mol. The minimum atomic E-state index is -0.124. The molecule has 1 aromatic heterocycles. The van der Waals surface area contributed by atoms with E-state index >= 15 is 0 Å². The molecule has 15 heavy (non-hydrogen) atoms. The highest BCUT2D eigenvalue weighted by Crippen LogP contribution is 2.25. The molecule has 76 valence electrons. The van der Waals surface area contributed by atoms with Crippen LogP contribution in [0.5, 0.6) is 0 Å². The van der Waals surface area contributed by atoms with E-state index in [1.54, 1.807) is 24.4 Å². The third kappa shape index (κ3) is 2.02. The molecule has 0 bridgehead atoms. The molecule has 0 aliphatic heterocycles. The number of hydrogen-bond donors (Lipinski definition) is 2. The molecule has 0 saturated heterocycles. The third-order valence-corrected chi connectivity index (χ3v) is 2.46. The highest BCUT2D eigenvalue weighted by Gasteiger charge is 2.00. The Balaban J connectivity index is 2.50. The van der Waals surface area contributed by atoms with Crippen molar-refractivity contribution in [3.8, 4) is 11.1 Å². The van der Waals surface area contributed by atoms with Crippen molar-refractivity contribution in [1.82, 2.24) is 4.98 Å². The number of aromatic nitrogens is 1. The quantitative estimate of drug-likeness (QED) is 0.725. The standard InChI is InChI=1S/C11H9ClN2O/c12-9-3-1-7(5-10(9)13)8-2-4-11(15)14-6-8/h1-6H,13H2,(H,14,15). The van der Waals surface area contributed by atoms with Crippen LogP contribution in [0.4, 0.5) is 5.69 Å². The van der Waals surface area contributed by atoms with Gasteiger partial charge in [-0.2, -0.15) is 0 Å². The van der Waals surface area contributed by atoms with Crippen molar-refractivity contribution < 1.29 is 0 Å². The summed E-state index contributed by atoms with van der Waals surface area (Å²) in [4.78, 5) is 13.5. The molecular weight excluding hydrogens is 212 g/mol. The summed E-state index contributed by atoms with van der Waals surface area (Å²) >= 11 is 5.81. The number of benzene rings is 1. The van der Waals surface area contributed by atoms with Gasteiger partial charge in [0.1, 0.15) is 0 Å². The molecule has 1 aromatic carbocycles. The van der Waals surface area contributed by atoms with Gasteiger partial charge in [-0.3, -0.25) is 4.79 Å². The van der Waals surface area contributed by atoms with Gasteiger partial charge in [-0.1, -0.05) is 17.7 Å². The molecule has 2 rings (SSSR count). The Bertz CT molecular complexity index is 528. The van der Waals surface area contributed by atoms with E-state index < -0.39 is 0 Å². The minimum Gasteiger partial charge on any atom is -0.398 e. The summed E-state index contributed by atoms with van der Waals surface area (Å²) in [6.45, 7) is 0. The topological polar surface area (TPSA) is 58.9 Å². The van der Waals surface area contributed by atoms with E-state index in [2.05, 4.69) is 4.98 Å². The normalized spacial score (nSPS) is 10.2. The fourth-order valence-corrected chi connectivity index (χ4v) is 1.43. The van der Waals surface area contributed by atoms with E-state index in [4.69, 9.17) is 17.3 Å². The molecule has 1 heterocycles. The summed E-state index contributed by atoms with van der Waals surface area (Å²) in [7, 11) is 0. The van der Waals surface area contributed by atoms with Gasteiger partial charge < -0.3 is 10.7 Å². The van der Waals surface area contributed by atoms with Crippen molar-refractivity contribution in [3.63, 3.8) is 0 Å². The zero-order valence-electron chi connectivity index (χ0n) is 7.83. The number of aromatic amines is 1. The first-order chi connectivity index (χ1) is 7.16. The molecule has 0 unspecified atom stereocenters. The maximum absolute atomic E-state index is 10.9. The second-order valence-electron chi connectivity index (χ2n) is 3.18. The molecule has 3 nitrogen and oxygen atoms in total. The Morgan fingerprint density at radius 2 is 1.87 bits per heavy atom. The lowest BCUT2D eigenvalue weighted by Crippen LogP contribution is -2.01. The Hall–Kier alpha value is -1.74. The first-order valence-electron chi connectivity index (χ1n) is 4.41. The average Bonchev–Trinajstić information content (AvgIpc) is 2.23. The van der Waals surface area contributed by atoms with Gasteiger partial charge in [-0.25, -0.2) is 0 Å². The number of rotatable bonds is 1. The Morgan fingerprint density at radius 3 is 2.47 bits per heavy atom. The lowest BCUT2D eigenvalue weighted by Gasteiger charge is -2.03. The Labute approximate surface area is 91.5 Å². The van der Waals surface area contributed by atoms with Crippen LogP contribution >= 0.6 is 11.6 Å². The number of nitrogen functional groups attached to an aromatic ring is 1. The Morgan fingerprint density at radius 1 is 1.13 bits per heavy atom. The number of nitrogens with two attached hydrogens (primary N) is 1. The highest BCUT2D eigenvalue weighted by molar-refractivity contribution is 6.33. The van der Waals surface area contributed by atoms with Crippen LogP contribution in [-0.2, 0) is 0 Å². The van der Waals surface area contributed by atoms with Gasteiger partial charge in [-0.05, 0) is 29.3 Å². The summed E-state index contributed by atoms with van der Waals surface area (Å²) in [5, 5.41) is 0.531. The third-order valence-electron chi connectivity index (χ3n) is 2.11. The predicted molar refractivity (Wildman–Crippen MR) is 61.9 cm³/mol. The predicted octanol–water partition coefficient (Wildman–Crippen LogP) is 2.28. The molecule has 0 spiro atoms. The summed E-state index contributed by atoms with van der Waals surface area (Å²) in [6.07, 6.45) is 1.64. The number of anilines is 1. The number of pyridine rings is 1. The number of nitrogens with one attached hydrogen (secondary N) is 1. The minimum absolute atomic E-state index is 0.124. The van der Waals surface area contributed by atoms with E-state index in [0.717, 1.165) is 11.1 Å². The van der Waals surface area contributed by atoms with Gasteiger partial charge in [0.2, 0.25) is 5.56 Å². The van der Waals surface area contributed by atoms with Gasteiger partial charge in [0.05, 0.1) is 10.7 Å². The summed E-state index contributed by atoms with van der Waals surface area (Å²) in [5.74, 6) is 0. The maximum Gasteiger partial charge on any atom is 0.247 e. The van der Waals surface area contributed by atoms with Crippen molar-refractivity contribution >= 4 is 17.3 Å². The van der Waals surface area contributed by atoms with Gasteiger partial charge in [-0.15, -0.1) is 0 Å². The maximum atomic E-state index is 10.9. The fraction of sp³-hybridized carbons (Fsp3) is 0. The van der Waals surface area contributed by atoms with Crippen LogP contribution in [0.25, 0.3) is 11.1 Å². The van der Waals surface area contributed by atoms with Crippen LogP contribution in [0.2, 0.25) is 5.02 Å². The molecule has 0 aliphatic carbocycles. The molecule has 0 aliphatic rings. The van der Waals surface area contributed by atoms with Crippen molar-refractivity contribution in [2.24, 2.45) is 0 Å². The van der Waals surface area contributed by atoms with Crippen LogP contribution < -0.4 is 11.3 Å². The van der Waals surface area contributed by atoms with Gasteiger partial charge >= 0.3 is 0 Å². The number of hydrogen-bond acceptors (Lipinski definition) is 2. The second kappa shape index (κ2) is 3.79.